The molecule has 0 radical (unpaired) electrons. The van der Waals surface area contributed by atoms with E-state index in [1.54, 1.807) is 16.4 Å². The summed E-state index contributed by atoms with van der Waals surface area (Å²) in [5, 5.41) is 5.95. The normalized spacial score (nSPS) is 11.7. The molecule has 0 saturated carbocycles. The third kappa shape index (κ3) is 4.18. The quantitative estimate of drug-likeness (QED) is 0.476. The predicted molar refractivity (Wildman–Crippen MR) is 124 cm³/mol. The topological polar surface area (TPSA) is 68.1 Å². The number of para-hydroxylation sites is 1. The molecule has 162 valence electrons. The summed E-state index contributed by atoms with van der Waals surface area (Å²) in [7, 11) is 1.80. The molecule has 0 bridgehead atoms. The molecule has 0 unspecified atom stereocenters. The second-order valence-corrected chi connectivity index (χ2v) is 7.42. The minimum atomic E-state index is -0.834. The Morgan fingerprint density at radius 2 is 1.50 bits per heavy atom. The van der Waals surface area contributed by atoms with Gasteiger partial charge in [-0.15, -0.1) is 0 Å². The average molecular weight is 430 g/mol. The second-order valence-electron chi connectivity index (χ2n) is 7.42. The van der Waals surface area contributed by atoms with E-state index < -0.39 is 6.04 Å². The summed E-state index contributed by atoms with van der Waals surface area (Å²) in [6.07, 6.45) is 0. The second kappa shape index (κ2) is 8.93. The average Bonchev–Trinajstić information content (AvgIpc) is 3.02. The molecule has 1 heterocycles. The molecule has 2 N–H and O–H groups in total. The summed E-state index contributed by atoms with van der Waals surface area (Å²) in [4.78, 5) is 26.5. The SMILES string of the molecule is Cc1c(N[C@@H](C(=O)Nc2ccc(F)cc2)c2ccccc2)c(=O)n(-c2ccccc2)n1C. The van der Waals surface area contributed by atoms with Crippen molar-refractivity contribution >= 4 is 17.3 Å². The molecule has 32 heavy (non-hydrogen) atoms. The molecule has 1 amide bonds. The van der Waals surface area contributed by atoms with Gasteiger partial charge in [0.15, 0.2) is 0 Å². The lowest BCUT2D eigenvalue weighted by atomic mass is 10.1. The molecule has 7 heteroatoms. The zero-order chi connectivity index (χ0) is 22.7. The number of nitrogens with one attached hydrogen (secondary N) is 2. The molecule has 6 nitrogen and oxygen atoms in total. The maximum absolute atomic E-state index is 13.3. The van der Waals surface area contributed by atoms with Gasteiger partial charge in [0.25, 0.3) is 11.5 Å². The third-order valence-electron chi connectivity index (χ3n) is 5.35. The van der Waals surface area contributed by atoms with Crippen LogP contribution in [0.1, 0.15) is 17.3 Å². The number of rotatable bonds is 6. The molecule has 0 aliphatic heterocycles. The number of carbonyl (C=O) groups excluding carboxylic acids is 1. The number of carbonyl (C=O) groups is 1. The smallest absolute Gasteiger partial charge is 0.295 e. The molecule has 0 aliphatic carbocycles. The predicted octanol–water partition coefficient (Wildman–Crippen LogP) is 4.42. The summed E-state index contributed by atoms with van der Waals surface area (Å²) >= 11 is 0. The molecular weight excluding hydrogens is 407 g/mol. The van der Waals surface area contributed by atoms with Crippen molar-refractivity contribution in [3.05, 3.63) is 112 Å². The molecule has 0 spiro atoms. The van der Waals surface area contributed by atoms with E-state index in [-0.39, 0.29) is 17.3 Å². The van der Waals surface area contributed by atoms with Crippen LogP contribution in [-0.2, 0) is 11.8 Å². The Morgan fingerprint density at radius 3 is 2.12 bits per heavy atom. The standard InChI is InChI=1S/C25H23FN4O2/c1-17-22(25(32)30(29(17)2)21-11-7-4-8-12-21)28-23(18-9-5-3-6-10-18)24(31)27-20-15-13-19(26)14-16-20/h3-16,23,28H,1-2H3,(H,27,31)/t23-/m1/s1. The number of benzene rings is 3. The summed E-state index contributed by atoms with van der Waals surface area (Å²) < 4.78 is 16.5. The highest BCUT2D eigenvalue weighted by Crippen LogP contribution is 2.23. The first kappa shape index (κ1) is 21.1. The lowest BCUT2D eigenvalue weighted by Gasteiger charge is -2.19. The van der Waals surface area contributed by atoms with E-state index in [0.29, 0.717) is 22.6 Å². The molecule has 4 aromatic rings. The maximum Gasteiger partial charge on any atom is 0.295 e. The van der Waals surface area contributed by atoms with Crippen LogP contribution in [0, 0.1) is 12.7 Å². The lowest BCUT2D eigenvalue weighted by molar-refractivity contribution is -0.117. The van der Waals surface area contributed by atoms with E-state index in [2.05, 4.69) is 10.6 Å². The highest BCUT2D eigenvalue weighted by molar-refractivity contribution is 5.97. The van der Waals surface area contributed by atoms with Gasteiger partial charge in [-0.1, -0.05) is 48.5 Å². The Hall–Kier alpha value is -4.13. The number of halogens is 1. The van der Waals surface area contributed by atoms with Crippen molar-refractivity contribution in [1.82, 2.24) is 9.36 Å². The third-order valence-corrected chi connectivity index (χ3v) is 5.35. The molecule has 1 atom stereocenters. The molecular formula is C25H23FN4O2. The van der Waals surface area contributed by atoms with Gasteiger partial charge in [0.2, 0.25) is 0 Å². The van der Waals surface area contributed by atoms with Crippen LogP contribution < -0.4 is 16.2 Å². The van der Waals surface area contributed by atoms with Gasteiger partial charge in [0.05, 0.1) is 11.4 Å². The Morgan fingerprint density at radius 1 is 0.906 bits per heavy atom. The van der Waals surface area contributed by atoms with Gasteiger partial charge in [0, 0.05) is 12.7 Å². The van der Waals surface area contributed by atoms with Crippen LogP contribution in [0.25, 0.3) is 5.69 Å². The Labute approximate surface area is 184 Å². The Bertz CT molecular complexity index is 1280. The van der Waals surface area contributed by atoms with Crippen molar-refractivity contribution < 1.29 is 9.18 Å². The van der Waals surface area contributed by atoms with E-state index in [0.717, 1.165) is 5.69 Å². The molecule has 4 rings (SSSR count). The number of nitrogens with zero attached hydrogens (tertiary/aromatic N) is 2. The van der Waals surface area contributed by atoms with E-state index >= 15 is 0 Å². The Kier molecular flexibility index (Phi) is 5.89. The monoisotopic (exact) mass is 430 g/mol. The molecule has 0 aliphatic rings. The summed E-state index contributed by atoms with van der Waals surface area (Å²) in [5.41, 5.74) is 2.65. The molecule has 3 aromatic carbocycles. The minimum absolute atomic E-state index is 0.258. The van der Waals surface area contributed by atoms with E-state index in [4.69, 9.17) is 0 Å². The van der Waals surface area contributed by atoms with Gasteiger partial charge in [0.1, 0.15) is 17.5 Å². The van der Waals surface area contributed by atoms with E-state index in [1.807, 2.05) is 67.6 Å². The number of hydrogen-bond acceptors (Lipinski definition) is 3. The van der Waals surface area contributed by atoms with E-state index in [9.17, 15) is 14.0 Å². The van der Waals surface area contributed by atoms with Crippen LogP contribution in [0.5, 0.6) is 0 Å². The van der Waals surface area contributed by atoms with Crippen LogP contribution in [0.3, 0.4) is 0 Å². The largest absolute Gasteiger partial charge is 0.364 e. The van der Waals surface area contributed by atoms with Gasteiger partial charge in [-0.3, -0.25) is 14.3 Å². The van der Waals surface area contributed by atoms with Gasteiger partial charge in [-0.2, -0.15) is 0 Å². The summed E-state index contributed by atoms with van der Waals surface area (Å²) in [5.74, 6) is -0.751. The first-order valence-corrected chi connectivity index (χ1v) is 10.2. The molecule has 0 fully saturated rings. The zero-order valence-corrected chi connectivity index (χ0v) is 17.7. The fraction of sp³-hybridized carbons (Fsp3) is 0.120. The van der Waals surface area contributed by atoms with Gasteiger partial charge in [-0.05, 0) is 48.9 Å². The lowest BCUT2D eigenvalue weighted by Crippen LogP contribution is -2.29. The van der Waals surface area contributed by atoms with Crippen molar-refractivity contribution in [2.24, 2.45) is 7.05 Å². The van der Waals surface area contributed by atoms with Crippen molar-refractivity contribution in [3.8, 4) is 5.69 Å². The number of anilines is 2. The van der Waals surface area contributed by atoms with Crippen LogP contribution >= 0.6 is 0 Å². The maximum atomic E-state index is 13.3. The zero-order valence-electron chi connectivity index (χ0n) is 17.7. The first-order valence-electron chi connectivity index (χ1n) is 10.2. The van der Waals surface area contributed by atoms with Gasteiger partial charge in [-0.25, -0.2) is 9.07 Å². The first-order chi connectivity index (χ1) is 15.5. The highest BCUT2D eigenvalue weighted by atomic mass is 19.1. The fourth-order valence-corrected chi connectivity index (χ4v) is 3.57. The van der Waals surface area contributed by atoms with Crippen molar-refractivity contribution in [1.29, 1.82) is 0 Å². The number of aromatic nitrogens is 2. The van der Waals surface area contributed by atoms with Crippen LogP contribution in [0.4, 0.5) is 15.8 Å². The summed E-state index contributed by atoms with van der Waals surface area (Å²) in [6, 6.07) is 23.2. The van der Waals surface area contributed by atoms with Gasteiger partial charge >= 0.3 is 0 Å². The Balaban J connectivity index is 1.71. The minimum Gasteiger partial charge on any atom is -0.364 e. The summed E-state index contributed by atoms with van der Waals surface area (Å²) in [6.45, 7) is 1.82. The van der Waals surface area contributed by atoms with Crippen molar-refractivity contribution in [2.75, 3.05) is 10.6 Å². The van der Waals surface area contributed by atoms with Crippen LogP contribution in [0.2, 0.25) is 0 Å². The number of hydrogen-bond donors (Lipinski definition) is 2. The van der Waals surface area contributed by atoms with Crippen molar-refractivity contribution in [2.45, 2.75) is 13.0 Å². The van der Waals surface area contributed by atoms with Crippen LogP contribution in [0.15, 0.2) is 89.7 Å². The fourth-order valence-electron chi connectivity index (χ4n) is 3.57. The van der Waals surface area contributed by atoms with Crippen molar-refractivity contribution in [3.63, 3.8) is 0 Å². The van der Waals surface area contributed by atoms with E-state index in [1.165, 1.54) is 24.3 Å². The highest BCUT2D eigenvalue weighted by Gasteiger charge is 2.25. The molecule has 1 aromatic heterocycles. The number of amides is 1. The molecule has 0 saturated heterocycles. The van der Waals surface area contributed by atoms with Crippen LogP contribution in [-0.4, -0.2) is 15.3 Å². The van der Waals surface area contributed by atoms with Gasteiger partial charge < -0.3 is 10.6 Å².